The predicted molar refractivity (Wildman–Crippen MR) is 166 cm³/mol. The number of nitrogens with zero attached hydrogens (tertiary/aromatic N) is 5. The molecule has 0 aliphatic heterocycles. The number of amides is 1. The van der Waals surface area contributed by atoms with E-state index in [4.69, 9.17) is 10.5 Å². The molecule has 0 spiro atoms. The summed E-state index contributed by atoms with van der Waals surface area (Å²) < 4.78 is 100. The number of nitrogens with two attached hydrogens (primary N) is 1. The van der Waals surface area contributed by atoms with Gasteiger partial charge in [-0.3, -0.25) is 4.79 Å². The number of carbonyl (C=O) groups excluding carboxylic acids is 1. The van der Waals surface area contributed by atoms with E-state index in [1.807, 2.05) is 33.1 Å². The van der Waals surface area contributed by atoms with Gasteiger partial charge in [0.15, 0.2) is 0 Å². The Labute approximate surface area is 269 Å². The third-order valence-corrected chi connectivity index (χ3v) is 6.69. The van der Waals surface area contributed by atoms with Crippen LogP contribution in [0.3, 0.4) is 0 Å². The molecule has 0 unspecified atom stereocenters. The highest BCUT2D eigenvalue weighted by molar-refractivity contribution is 6.01. The summed E-state index contributed by atoms with van der Waals surface area (Å²) in [6.07, 6.45) is -8.94. The summed E-state index contributed by atoms with van der Waals surface area (Å²) in [6, 6.07) is 5.93. The maximum Gasteiger partial charge on any atom is 0.416 e. The topological polar surface area (TPSA) is 99.9 Å². The van der Waals surface area contributed by atoms with Crippen LogP contribution in [0.5, 0.6) is 11.6 Å². The van der Waals surface area contributed by atoms with Crippen LogP contribution in [-0.4, -0.2) is 87.1 Å². The van der Waals surface area contributed by atoms with Gasteiger partial charge >= 0.3 is 12.4 Å². The lowest BCUT2D eigenvalue weighted by Gasteiger charge is -2.31. The molecule has 9 nitrogen and oxygen atoms in total. The molecule has 3 N–H and O–H groups in total. The number of carbonyl (C=O) groups is 1. The van der Waals surface area contributed by atoms with Gasteiger partial charge in [-0.15, -0.1) is 0 Å². The fourth-order valence-corrected chi connectivity index (χ4v) is 3.98. The van der Waals surface area contributed by atoms with Gasteiger partial charge in [0, 0.05) is 33.2 Å². The molecule has 0 bridgehead atoms. The normalized spacial score (nSPS) is 12.1. The number of alkyl halides is 6. The molecule has 16 heteroatoms. The molecule has 0 aliphatic rings. The third-order valence-electron chi connectivity index (χ3n) is 6.69. The summed E-state index contributed by atoms with van der Waals surface area (Å²) >= 11 is 0. The summed E-state index contributed by atoms with van der Waals surface area (Å²) in [7, 11) is 9.00. The zero-order chi connectivity index (χ0) is 35.7. The van der Waals surface area contributed by atoms with Crippen molar-refractivity contribution in [1.82, 2.24) is 19.8 Å². The minimum absolute atomic E-state index is 0.00171. The predicted octanol–water partition coefficient (Wildman–Crippen LogP) is 5.87. The van der Waals surface area contributed by atoms with Gasteiger partial charge in [-0.25, -0.2) is 9.37 Å². The zero-order valence-corrected chi connectivity index (χ0v) is 27.2. The van der Waals surface area contributed by atoms with E-state index in [0.717, 1.165) is 30.1 Å². The van der Waals surface area contributed by atoms with Gasteiger partial charge in [0.2, 0.25) is 17.7 Å². The Kier molecular flexibility index (Phi) is 13.5. The molecule has 1 aromatic heterocycles. The fourth-order valence-electron chi connectivity index (χ4n) is 3.98. The number of nitrogens with one attached hydrogen (secondary N) is 1. The first-order valence-corrected chi connectivity index (χ1v) is 14.3. The number of anilines is 2. The van der Waals surface area contributed by atoms with Crippen molar-refractivity contribution >= 4 is 17.5 Å². The Morgan fingerprint density at radius 2 is 1.36 bits per heavy atom. The fraction of sp³-hybridized carbons (Fsp3) is 0.452. The second-order valence-corrected chi connectivity index (χ2v) is 11.5. The van der Waals surface area contributed by atoms with Crippen LogP contribution in [0.4, 0.5) is 42.4 Å². The highest BCUT2D eigenvalue weighted by Gasteiger charge is 2.41. The Hall–Kier alpha value is -4.02. The molecule has 1 amide bonds. The van der Waals surface area contributed by atoms with Gasteiger partial charge < -0.3 is 30.5 Å². The van der Waals surface area contributed by atoms with Crippen LogP contribution in [0.25, 0.3) is 0 Å². The van der Waals surface area contributed by atoms with Gasteiger partial charge in [0.05, 0.1) is 22.7 Å². The number of hydrogen-bond donors (Lipinski definition) is 2. The van der Waals surface area contributed by atoms with Crippen LogP contribution in [0.2, 0.25) is 0 Å². The lowest BCUT2D eigenvalue weighted by molar-refractivity contribution is -0.143. The van der Waals surface area contributed by atoms with Crippen molar-refractivity contribution in [1.29, 1.82) is 0 Å². The van der Waals surface area contributed by atoms with Gasteiger partial charge in [-0.05, 0) is 90.1 Å². The Balaban J connectivity index is 0.00000117. The second-order valence-electron chi connectivity index (χ2n) is 11.5. The molecule has 0 atom stereocenters. The molecule has 3 aromatic rings. The standard InChI is InChI=1S/C27H28F7N5O2.C4H12N2/c1-25(2,16-12-17(26(29,30)31)14-18(13-16)27(32,33)34)23(40)39(5)21-15-36-24(35-10-11-38(3)4)37-22(21)41-20-8-6-19(28)7-9-20;1-6(2)4-3-5/h6-9,12-15H,10-11H2,1-5H3,(H,35,36,37);3-5H2,1-2H3. The summed E-state index contributed by atoms with van der Waals surface area (Å²) in [5, 5.41) is 2.98. The highest BCUT2D eigenvalue weighted by atomic mass is 19.4. The molecule has 2 aromatic carbocycles. The van der Waals surface area contributed by atoms with Crippen molar-refractivity contribution < 1.29 is 40.3 Å². The summed E-state index contributed by atoms with van der Waals surface area (Å²) in [6.45, 7) is 5.23. The summed E-state index contributed by atoms with van der Waals surface area (Å²) in [5.74, 6) is -1.28. The Morgan fingerprint density at radius 1 is 0.851 bits per heavy atom. The number of halogens is 7. The van der Waals surface area contributed by atoms with Crippen molar-refractivity contribution in [3.63, 3.8) is 0 Å². The molecule has 0 aliphatic carbocycles. The smallest absolute Gasteiger partial charge is 0.416 e. The van der Waals surface area contributed by atoms with Crippen LogP contribution >= 0.6 is 0 Å². The number of aromatic nitrogens is 2. The van der Waals surface area contributed by atoms with Crippen molar-refractivity contribution in [2.75, 3.05) is 71.6 Å². The first-order chi connectivity index (χ1) is 21.7. The molecule has 0 fully saturated rings. The van der Waals surface area contributed by atoms with Gasteiger partial charge in [0.1, 0.15) is 17.3 Å². The molecule has 3 rings (SSSR count). The van der Waals surface area contributed by atoms with E-state index >= 15 is 0 Å². The molecule has 0 saturated carbocycles. The minimum Gasteiger partial charge on any atom is -0.437 e. The van der Waals surface area contributed by atoms with E-state index in [-0.39, 0.29) is 29.3 Å². The number of rotatable bonds is 11. The van der Waals surface area contributed by atoms with Crippen LogP contribution in [0.15, 0.2) is 48.7 Å². The minimum atomic E-state index is -5.08. The number of hydrogen-bond acceptors (Lipinski definition) is 8. The molecular weight excluding hydrogens is 635 g/mol. The average Bonchev–Trinajstić information content (AvgIpc) is 2.96. The molecule has 260 valence electrons. The van der Waals surface area contributed by atoms with Gasteiger partial charge in [-0.2, -0.15) is 31.3 Å². The molecule has 0 radical (unpaired) electrons. The van der Waals surface area contributed by atoms with Crippen LogP contribution in [-0.2, 0) is 22.6 Å². The van der Waals surface area contributed by atoms with Crippen molar-refractivity contribution in [2.45, 2.75) is 31.6 Å². The maximum absolute atomic E-state index is 13.7. The first-order valence-electron chi connectivity index (χ1n) is 14.3. The van der Waals surface area contributed by atoms with Crippen LogP contribution in [0, 0.1) is 5.82 Å². The number of likely N-dealkylation sites (N-methyl/N-ethyl adjacent to an activating group) is 3. The van der Waals surface area contributed by atoms with Crippen molar-refractivity contribution in [3.8, 4) is 11.6 Å². The largest absolute Gasteiger partial charge is 0.437 e. The first kappa shape index (κ1) is 39.2. The number of ether oxygens (including phenoxy) is 1. The third kappa shape index (κ3) is 11.6. The summed E-state index contributed by atoms with van der Waals surface area (Å²) in [4.78, 5) is 27.1. The van der Waals surface area contributed by atoms with Crippen molar-refractivity contribution in [2.24, 2.45) is 5.73 Å². The lowest BCUT2D eigenvalue weighted by Crippen LogP contribution is -2.42. The molecule has 0 saturated heterocycles. The van der Waals surface area contributed by atoms with Gasteiger partial charge in [0.25, 0.3) is 0 Å². The average molecular weight is 676 g/mol. The Bertz CT molecular complexity index is 1430. The van der Waals surface area contributed by atoms with E-state index in [9.17, 15) is 35.5 Å². The van der Waals surface area contributed by atoms with E-state index in [1.54, 1.807) is 0 Å². The van der Waals surface area contributed by atoms with Gasteiger partial charge in [-0.1, -0.05) is 0 Å². The maximum atomic E-state index is 13.7. The summed E-state index contributed by atoms with van der Waals surface area (Å²) in [5.41, 5.74) is -0.293. The van der Waals surface area contributed by atoms with E-state index < -0.39 is 46.2 Å². The van der Waals surface area contributed by atoms with Crippen LogP contribution in [0.1, 0.15) is 30.5 Å². The Morgan fingerprint density at radius 3 is 1.81 bits per heavy atom. The van der Waals surface area contributed by atoms with Crippen LogP contribution < -0.4 is 20.7 Å². The molecular formula is C31H40F7N7O2. The zero-order valence-electron chi connectivity index (χ0n) is 27.2. The van der Waals surface area contributed by atoms with E-state index in [2.05, 4.69) is 20.2 Å². The second kappa shape index (κ2) is 16.2. The van der Waals surface area contributed by atoms with Crippen molar-refractivity contribution in [3.05, 3.63) is 71.2 Å². The molecule has 47 heavy (non-hydrogen) atoms. The lowest BCUT2D eigenvalue weighted by atomic mass is 9.81. The van der Waals surface area contributed by atoms with E-state index in [1.165, 1.54) is 39.2 Å². The monoisotopic (exact) mass is 675 g/mol. The SMILES string of the molecule is CN(C)CCN.CN(C)CCNc1ncc(N(C)C(=O)C(C)(C)c2cc(C(F)(F)F)cc(C(F)(F)F)c2)c(Oc2ccc(F)cc2)n1. The number of benzene rings is 2. The molecule has 1 heterocycles. The van der Waals surface area contributed by atoms with E-state index in [0.29, 0.717) is 25.2 Å². The highest BCUT2D eigenvalue weighted by Crippen LogP contribution is 2.40. The quantitative estimate of drug-likeness (QED) is 0.244.